The molecule has 11 heteroatoms. The fourth-order valence-electron chi connectivity index (χ4n) is 4.12. The third-order valence-electron chi connectivity index (χ3n) is 5.92. The number of carbonyl (C=O) groups excluding carboxylic acids is 1. The number of carbonyl (C=O) groups is 1. The summed E-state index contributed by atoms with van der Waals surface area (Å²) in [4.78, 5) is 23.6. The minimum Gasteiger partial charge on any atom is -0.495 e. The number of nitrogens with one attached hydrogen (secondary N) is 1. The molecular weight excluding hydrogens is 494 g/mol. The Morgan fingerprint density at radius 1 is 1.14 bits per heavy atom. The minimum absolute atomic E-state index is 0.126. The molecular formula is C25H27N7O2S2. The van der Waals surface area contributed by atoms with Crippen LogP contribution < -0.4 is 10.1 Å². The maximum absolute atomic E-state index is 12.5. The van der Waals surface area contributed by atoms with Gasteiger partial charge in [-0.1, -0.05) is 23.9 Å². The van der Waals surface area contributed by atoms with E-state index in [1.807, 2.05) is 46.3 Å². The van der Waals surface area contributed by atoms with Crippen molar-refractivity contribution in [3.05, 3.63) is 64.9 Å². The molecule has 0 spiro atoms. The lowest BCUT2D eigenvalue weighted by Crippen LogP contribution is -2.33. The molecule has 4 aromatic rings. The third kappa shape index (κ3) is 5.58. The van der Waals surface area contributed by atoms with E-state index in [-0.39, 0.29) is 5.91 Å². The van der Waals surface area contributed by atoms with Gasteiger partial charge in [0.25, 0.3) is 5.91 Å². The summed E-state index contributed by atoms with van der Waals surface area (Å²) in [7, 11) is 1.65. The van der Waals surface area contributed by atoms with E-state index >= 15 is 0 Å². The van der Waals surface area contributed by atoms with Crippen LogP contribution in [-0.4, -0.2) is 68.8 Å². The molecule has 0 atom stereocenters. The van der Waals surface area contributed by atoms with Crippen LogP contribution in [0.25, 0.3) is 17.1 Å². The Hall–Kier alpha value is -3.28. The molecule has 4 heterocycles. The standard InChI is InChI=1S/C25H27N7O2S2/c1-34-21-7-3-2-6-20(21)32-23(18-8-10-26-11-9-18)29-30-25(32)36-17-22-28-19(16-35-22)24(33)27-12-15-31-13-4-5-14-31/h2-3,6-11,16H,4-5,12-15,17H2,1H3,(H,27,33). The molecule has 0 radical (unpaired) electrons. The second kappa shape index (κ2) is 11.6. The van der Waals surface area contributed by atoms with E-state index in [0.717, 1.165) is 41.6 Å². The molecule has 9 nitrogen and oxygen atoms in total. The van der Waals surface area contributed by atoms with E-state index in [2.05, 4.69) is 30.4 Å². The van der Waals surface area contributed by atoms with Gasteiger partial charge in [0.1, 0.15) is 16.5 Å². The van der Waals surface area contributed by atoms with Gasteiger partial charge in [-0.2, -0.15) is 0 Å². The molecule has 186 valence electrons. The average Bonchev–Trinajstić information content (AvgIpc) is 3.69. The topological polar surface area (TPSA) is 98.1 Å². The number of methoxy groups -OCH3 is 1. The number of aromatic nitrogens is 5. The first-order valence-corrected chi connectivity index (χ1v) is 13.7. The van der Waals surface area contributed by atoms with Gasteiger partial charge in [-0.05, 0) is 50.2 Å². The second-order valence-electron chi connectivity index (χ2n) is 8.27. The van der Waals surface area contributed by atoms with E-state index in [4.69, 9.17) is 4.74 Å². The summed E-state index contributed by atoms with van der Waals surface area (Å²) >= 11 is 2.99. The Labute approximate surface area is 217 Å². The molecule has 3 aromatic heterocycles. The molecule has 1 N–H and O–H groups in total. The zero-order valence-corrected chi connectivity index (χ0v) is 21.6. The highest BCUT2D eigenvalue weighted by molar-refractivity contribution is 7.98. The molecule has 1 aliphatic rings. The summed E-state index contributed by atoms with van der Waals surface area (Å²) in [6.45, 7) is 3.77. The van der Waals surface area contributed by atoms with Crippen molar-refractivity contribution in [3.63, 3.8) is 0 Å². The number of pyridine rings is 1. The molecule has 0 bridgehead atoms. The average molecular weight is 522 g/mol. The Kier molecular flexibility index (Phi) is 7.89. The number of amides is 1. The maximum atomic E-state index is 12.5. The number of hydrogen-bond donors (Lipinski definition) is 1. The summed E-state index contributed by atoms with van der Waals surface area (Å²) in [6, 6.07) is 11.6. The van der Waals surface area contributed by atoms with Crippen LogP contribution >= 0.6 is 23.1 Å². The molecule has 1 amide bonds. The number of benzene rings is 1. The molecule has 0 aliphatic carbocycles. The van der Waals surface area contributed by atoms with Gasteiger partial charge in [0.15, 0.2) is 11.0 Å². The maximum Gasteiger partial charge on any atom is 0.270 e. The quantitative estimate of drug-likeness (QED) is 0.314. The van der Waals surface area contributed by atoms with E-state index in [1.54, 1.807) is 19.5 Å². The number of likely N-dealkylation sites (tertiary alicyclic amines) is 1. The van der Waals surface area contributed by atoms with Crippen LogP contribution in [0.15, 0.2) is 59.3 Å². The van der Waals surface area contributed by atoms with Crippen LogP contribution in [0.4, 0.5) is 0 Å². The van der Waals surface area contributed by atoms with Gasteiger partial charge in [0, 0.05) is 36.4 Å². The van der Waals surface area contributed by atoms with Crippen LogP contribution in [0.1, 0.15) is 28.3 Å². The Morgan fingerprint density at radius 3 is 2.75 bits per heavy atom. The molecule has 36 heavy (non-hydrogen) atoms. The Morgan fingerprint density at radius 2 is 1.94 bits per heavy atom. The fourth-order valence-corrected chi connectivity index (χ4v) is 5.85. The highest BCUT2D eigenvalue weighted by Crippen LogP contribution is 2.33. The highest BCUT2D eigenvalue weighted by atomic mass is 32.2. The molecule has 1 aromatic carbocycles. The Bertz CT molecular complexity index is 1300. The van der Waals surface area contributed by atoms with E-state index < -0.39 is 0 Å². The lowest BCUT2D eigenvalue weighted by Gasteiger charge is -2.14. The van der Waals surface area contributed by atoms with E-state index in [1.165, 1.54) is 35.9 Å². The minimum atomic E-state index is -0.126. The summed E-state index contributed by atoms with van der Waals surface area (Å²) in [5, 5.41) is 15.3. The third-order valence-corrected chi connectivity index (χ3v) is 7.89. The number of thioether (sulfide) groups is 1. The predicted molar refractivity (Wildman–Crippen MR) is 141 cm³/mol. The zero-order valence-electron chi connectivity index (χ0n) is 20.0. The van der Waals surface area contributed by atoms with Gasteiger partial charge in [-0.25, -0.2) is 4.98 Å². The van der Waals surface area contributed by atoms with Crippen molar-refractivity contribution in [1.29, 1.82) is 0 Å². The van der Waals surface area contributed by atoms with Gasteiger partial charge < -0.3 is 15.0 Å². The van der Waals surface area contributed by atoms with Gasteiger partial charge in [-0.15, -0.1) is 21.5 Å². The van der Waals surface area contributed by atoms with Gasteiger partial charge >= 0.3 is 0 Å². The normalized spacial score (nSPS) is 13.7. The molecule has 1 fully saturated rings. The first kappa shape index (κ1) is 24.4. The number of ether oxygens (including phenoxy) is 1. The number of thiazole rings is 1. The first-order valence-electron chi connectivity index (χ1n) is 11.8. The largest absolute Gasteiger partial charge is 0.495 e. The summed E-state index contributed by atoms with van der Waals surface area (Å²) in [6.07, 6.45) is 5.96. The van der Waals surface area contributed by atoms with E-state index in [0.29, 0.717) is 29.0 Å². The van der Waals surface area contributed by atoms with Gasteiger partial charge in [0.05, 0.1) is 18.6 Å². The van der Waals surface area contributed by atoms with Gasteiger partial charge in [-0.3, -0.25) is 14.3 Å². The zero-order chi connectivity index (χ0) is 24.7. The number of hydrogen-bond acceptors (Lipinski definition) is 9. The lowest BCUT2D eigenvalue weighted by atomic mass is 10.2. The van der Waals surface area contributed by atoms with Crippen LogP contribution in [0.2, 0.25) is 0 Å². The molecule has 5 rings (SSSR count). The van der Waals surface area contributed by atoms with Crippen LogP contribution in [0, 0.1) is 0 Å². The summed E-state index contributed by atoms with van der Waals surface area (Å²) in [5.41, 5.74) is 2.20. The predicted octanol–water partition coefficient (Wildman–Crippen LogP) is 3.91. The van der Waals surface area contributed by atoms with Gasteiger partial charge in [0.2, 0.25) is 0 Å². The number of para-hydroxylation sites is 2. The van der Waals surface area contributed by atoms with Crippen LogP contribution in [-0.2, 0) is 5.75 Å². The molecule has 0 saturated carbocycles. The van der Waals surface area contributed by atoms with Crippen molar-refractivity contribution in [2.24, 2.45) is 0 Å². The van der Waals surface area contributed by atoms with E-state index in [9.17, 15) is 4.79 Å². The molecule has 1 saturated heterocycles. The fraction of sp³-hybridized carbons (Fsp3) is 0.320. The molecule has 0 unspecified atom stereocenters. The van der Waals surface area contributed by atoms with Crippen molar-refractivity contribution in [2.75, 3.05) is 33.3 Å². The van der Waals surface area contributed by atoms with Crippen LogP contribution in [0.5, 0.6) is 5.75 Å². The van der Waals surface area contributed by atoms with Crippen molar-refractivity contribution < 1.29 is 9.53 Å². The van der Waals surface area contributed by atoms with Crippen molar-refractivity contribution in [1.82, 2.24) is 34.9 Å². The highest BCUT2D eigenvalue weighted by Gasteiger charge is 2.20. The van der Waals surface area contributed by atoms with Crippen molar-refractivity contribution in [2.45, 2.75) is 23.8 Å². The van der Waals surface area contributed by atoms with Crippen molar-refractivity contribution >= 4 is 29.0 Å². The number of nitrogens with zero attached hydrogens (tertiary/aromatic N) is 6. The van der Waals surface area contributed by atoms with Crippen molar-refractivity contribution in [3.8, 4) is 22.8 Å². The summed E-state index contributed by atoms with van der Waals surface area (Å²) in [5.74, 6) is 1.85. The number of rotatable bonds is 10. The SMILES string of the molecule is COc1ccccc1-n1c(SCc2nc(C(=O)NCCN3CCCC3)cs2)nnc1-c1ccncc1. The monoisotopic (exact) mass is 521 g/mol. The molecule has 1 aliphatic heterocycles. The van der Waals surface area contributed by atoms with Crippen LogP contribution in [0.3, 0.4) is 0 Å². The smallest absolute Gasteiger partial charge is 0.270 e. The first-order chi connectivity index (χ1) is 17.7. The Balaban J connectivity index is 1.30. The second-order valence-corrected chi connectivity index (χ2v) is 10.2. The summed E-state index contributed by atoms with van der Waals surface area (Å²) < 4.78 is 7.60. The lowest BCUT2D eigenvalue weighted by molar-refractivity contribution is 0.0945.